The van der Waals surface area contributed by atoms with E-state index in [1.165, 1.54) is 6.33 Å². The number of nitrogens with zero attached hydrogens (tertiary/aromatic N) is 2. The van der Waals surface area contributed by atoms with Crippen LogP contribution in [-0.4, -0.2) is 9.97 Å². The van der Waals surface area contributed by atoms with Crippen LogP contribution in [0.2, 0.25) is 0 Å². The van der Waals surface area contributed by atoms with Gasteiger partial charge in [0.15, 0.2) is 0 Å². The number of hydrogen-bond donors (Lipinski definition) is 1. The summed E-state index contributed by atoms with van der Waals surface area (Å²) in [7, 11) is 0. The molecule has 4 nitrogen and oxygen atoms in total. The van der Waals surface area contributed by atoms with Crippen LogP contribution < -0.4 is 5.73 Å². The van der Waals surface area contributed by atoms with E-state index < -0.39 is 0 Å². The fourth-order valence-electron chi connectivity index (χ4n) is 1.42. The minimum Gasteiger partial charge on any atom is -0.469 e. The number of furan rings is 1. The molecule has 0 bridgehead atoms. The molecule has 15 heavy (non-hydrogen) atoms. The van der Waals surface area contributed by atoms with Crippen LogP contribution in [0.3, 0.4) is 0 Å². The Hall–Kier alpha value is -1.68. The molecule has 0 spiro atoms. The lowest BCUT2D eigenvalue weighted by Crippen LogP contribution is -2.11. The van der Waals surface area contributed by atoms with E-state index in [0.717, 1.165) is 24.2 Å². The lowest BCUT2D eigenvalue weighted by molar-refractivity contribution is 0.488. The van der Waals surface area contributed by atoms with Gasteiger partial charge in [-0.15, -0.1) is 0 Å². The van der Waals surface area contributed by atoms with Gasteiger partial charge < -0.3 is 10.2 Å². The summed E-state index contributed by atoms with van der Waals surface area (Å²) in [5.41, 5.74) is 6.95. The Morgan fingerprint density at radius 2 is 2.13 bits per heavy atom. The molecule has 0 fully saturated rings. The first-order chi connectivity index (χ1) is 7.36. The Labute approximate surface area is 88.2 Å². The van der Waals surface area contributed by atoms with Crippen molar-refractivity contribution in [2.24, 2.45) is 5.73 Å². The Balaban J connectivity index is 1.90. The van der Waals surface area contributed by atoms with Crippen LogP contribution in [0.25, 0.3) is 0 Å². The zero-order chi connectivity index (χ0) is 10.5. The molecule has 1 atom stereocenters. The van der Waals surface area contributed by atoms with Crippen molar-refractivity contribution in [2.75, 3.05) is 0 Å². The van der Waals surface area contributed by atoms with E-state index in [1.807, 2.05) is 12.1 Å². The van der Waals surface area contributed by atoms with Crippen molar-refractivity contribution in [1.29, 1.82) is 0 Å². The van der Waals surface area contributed by atoms with E-state index in [9.17, 15) is 0 Å². The lowest BCUT2D eigenvalue weighted by Gasteiger charge is -2.09. The molecular formula is C11H13N3O. The highest BCUT2D eigenvalue weighted by molar-refractivity contribution is 5.09. The molecule has 2 aromatic rings. The summed E-state index contributed by atoms with van der Waals surface area (Å²) in [4.78, 5) is 7.87. The van der Waals surface area contributed by atoms with Crippen molar-refractivity contribution in [2.45, 2.75) is 18.9 Å². The molecule has 0 aromatic carbocycles. The number of aromatic nitrogens is 2. The van der Waals surface area contributed by atoms with E-state index >= 15 is 0 Å². The van der Waals surface area contributed by atoms with Crippen molar-refractivity contribution < 1.29 is 4.42 Å². The summed E-state index contributed by atoms with van der Waals surface area (Å²) in [6, 6.07) is 3.80. The maximum atomic E-state index is 5.99. The van der Waals surface area contributed by atoms with E-state index in [0.29, 0.717) is 0 Å². The first kappa shape index (κ1) is 9.86. The maximum absolute atomic E-state index is 5.99. The highest BCUT2D eigenvalue weighted by Gasteiger charge is 2.07. The van der Waals surface area contributed by atoms with Crippen LogP contribution in [0.1, 0.15) is 23.8 Å². The predicted molar refractivity (Wildman–Crippen MR) is 56.0 cm³/mol. The normalized spacial score (nSPS) is 12.6. The molecule has 0 saturated carbocycles. The third kappa shape index (κ3) is 2.63. The van der Waals surface area contributed by atoms with Gasteiger partial charge in [0.25, 0.3) is 0 Å². The van der Waals surface area contributed by atoms with E-state index in [4.69, 9.17) is 10.2 Å². The molecule has 0 radical (unpaired) electrons. The molecular weight excluding hydrogens is 190 g/mol. The van der Waals surface area contributed by atoms with Crippen LogP contribution in [0.4, 0.5) is 0 Å². The third-order valence-corrected chi connectivity index (χ3v) is 2.29. The molecule has 0 saturated heterocycles. The molecule has 2 heterocycles. The molecule has 2 rings (SSSR count). The van der Waals surface area contributed by atoms with Crippen molar-refractivity contribution in [1.82, 2.24) is 9.97 Å². The monoisotopic (exact) mass is 203 g/mol. The van der Waals surface area contributed by atoms with Crippen LogP contribution in [0.15, 0.2) is 41.5 Å². The minimum atomic E-state index is -0.0312. The SMILES string of the molecule is NC(CCc1ccco1)c1cncnc1. The average Bonchev–Trinajstić information content (AvgIpc) is 2.80. The molecule has 0 aliphatic rings. The smallest absolute Gasteiger partial charge is 0.115 e. The van der Waals surface area contributed by atoms with Gasteiger partial charge in [-0.2, -0.15) is 0 Å². The van der Waals surface area contributed by atoms with Gasteiger partial charge >= 0.3 is 0 Å². The molecule has 4 heteroatoms. The summed E-state index contributed by atoms with van der Waals surface area (Å²) >= 11 is 0. The highest BCUT2D eigenvalue weighted by Crippen LogP contribution is 2.14. The fourth-order valence-corrected chi connectivity index (χ4v) is 1.42. The summed E-state index contributed by atoms with van der Waals surface area (Å²) < 4.78 is 5.23. The Bertz CT molecular complexity index is 385. The zero-order valence-electron chi connectivity index (χ0n) is 8.34. The molecule has 78 valence electrons. The molecule has 0 aliphatic carbocycles. The summed E-state index contributed by atoms with van der Waals surface area (Å²) in [5.74, 6) is 0.960. The van der Waals surface area contributed by atoms with Crippen molar-refractivity contribution >= 4 is 0 Å². The number of nitrogens with two attached hydrogens (primary N) is 1. The van der Waals surface area contributed by atoms with Crippen LogP contribution in [-0.2, 0) is 6.42 Å². The Morgan fingerprint density at radius 3 is 2.80 bits per heavy atom. The number of rotatable bonds is 4. The second kappa shape index (κ2) is 4.70. The summed E-state index contributed by atoms with van der Waals surface area (Å²) in [5, 5.41) is 0. The Morgan fingerprint density at radius 1 is 1.33 bits per heavy atom. The molecule has 0 aliphatic heterocycles. The highest BCUT2D eigenvalue weighted by atomic mass is 16.3. The first-order valence-corrected chi connectivity index (χ1v) is 4.89. The van der Waals surface area contributed by atoms with Gasteiger partial charge in [-0.05, 0) is 18.6 Å². The summed E-state index contributed by atoms with van der Waals surface area (Å²) in [6.07, 6.45) is 8.35. The summed E-state index contributed by atoms with van der Waals surface area (Å²) in [6.45, 7) is 0. The Kier molecular flexibility index (Phi) is 3.09. The van der Waals surface area contributed by atoms with Gasteiger partial charge in [0.1, 0.15) is 12.1 Å². The standard InChI is InChI=1S/C11H13N3O/c12-11(9-6-13-8-14-7-9)4-3-10-2-1-5-15-10/h1-2,5-8,11H,3-4,12H2. The predicted octanol–water partition coefficient (Wildman–Crippen LogP) is 1.70. The van der Waals surface area contributed by atoms with Crippen molar-refractivity contribution in [3.8, 4) is 0 Å². The average molecular weight is 203 g/mol. The van der Waals surface area contributed by atoms with Crippen molar-refractivity contribution in [3.63, 3.8) is 0 Å². The molecule has 0 amide bonds. The molecule has 2 N–H and O–H groups in total. The van der Waals surface area contributed by atoms with Crippen LogP contribution in [0.5, 0.6) is 0 Å². The lowest BCUT2D eigenvalue weighted by atomic mass is 10.1. The second-order valence-electron chi connectivity index (χ2n) is 3.40. The quantitative estimate of drug-likeness (QED) is 0.821. The van der Waals surface area contributed by atoms with Crippen LogP contribution in [0, 0.1) is 0 Å². The topological polar surface area (TPSA) is 64.9 Å². The van der Waals surface area contributed by atoms with Gasteiger partial charge in [0.2, 0.25) is 0 Å². The van der Waals surface area contributed by atoms with Gasteiger partial charge in [0.05, 0.1) is 6.26 Å². The van der Waals surface area contributed by atoms with E-state index in [1.54, 1.807) is 18.7 Å². The van der Waals surface area contributed by atoms with Crippen molar-refractivity contribution in [3.05, 3.63) is 48.4 Å². The third-order valence-electron chi connectivity index (χ3n) is 2.29. The van der Waals surface area contributed by atoms with Gasteiger partial charge in [0, 0.05) is 30.4 Å². The number of aryl methyl sites for hydroxylation is 1. The van der Waals surface area contributed by atoms with E-state index in [-0.39, 0.29) is 6.04 Å². The molecule has 2 aromatic heterocycles. The second-order valence-corrected chi connectivity index (χ2v) is 3.40. The molecule has 1 unspecified atom stereocenters. The zero-order valence-corrected chi connectivity index (χ0v) is 8.34. The minimum absolute atomic E-state index is 0.0312. The van der Waals surface area contributed by atoms with Gasteiger partial charge in [-0.25, -0.2) is 9.97 Å². The maximum Gasteiger partial charge on any atom is 0.115 e. The van der Waals surface area contributed by atoms with Gasteiger partial charge in [-0.1, -0.05) is 0 Å². The van der Waals surface area contributed by atoms with E-state index in [2.05, 4.69) is 9.97 Å². The fraction of sp³-hybridized carbons (Fsp3) is 0.273. The van der Waals surface area contributed by atoms with Gasteiger partial charge in [-0.3, -0.25) is 0 Å². The van der Waals surface area contributed by atoms with Crippen LogP contribution >= 0.6 is 0 Å². The first-order valence-electron chi connectivity index (χ1n) is 4.89. The largest absolute Gasteiger partial charge is 0.469 e. The number of hydrogen-bond acceptors (Lipinski definition) is 4.